The molecule has 0 amide bonds. The Morgan fingerprint density at radius 1 is 1.53 bits per heavy atom. The van der Waals surface area contributed by atoms with Crippen molar-refractivity contribution in [1.29, 1.82) is 5.26 Å². The molecule has 0 atom stereocenters. The van der Waals surface area contributed by atoms with Gasteiger partial charge in [0.1, 0.15) is 11.8 Å². The van der Waals surface area contributed by atoms with Crippen LogP contribution in [0.4, 0.5) is 0 Å². The number of hydrogen-bond acceptors (Lipinski definition) is 3. The molecule has 0 spiro atoms. The topological polar surface area (TPSA) is 65.9 Å². The Hall–Kier alpha value is -2.28. The molecule has 74 valence electrons. The van der Waals surface area contributed by atoms with E-state index in [1.165, 1.54) is 6.20 Å². The zero-order valence-electron chi connectivity index (χ0n) is 8.07. The Morgan fingerprint density at radius 3 is 3.00 bits per heavy atom. The molecular formula is C11H8N2O2. The molecule has 4 nitrogen and oxygen atoms in total. The van der Waals surface area contributed by atoms with Crippen LogP contribution < -0.4 is 4.74 Å². The van der Waals surface area contributed by atoms with Crippen LogP contribution in [0.15, 0.2) is 24.4 Å². The number of carbonyl (C=O) groups is 1. The molecule has 1 aromatic carbocycles. The maximum Gasteiger partial charge on any atom is 0.264 e. The molecule has 0 aliphatic heterocycles. The van der Waals surface area contributed by atoms with Gasteiger partial charge in [-0.05, 0) is 18.2 Å². The predicted molar refractivity (Wildman–Crippen MR) is 54.8 cm³/mol. The molecule has 0 unspecified atom stereocenters. The fraction of sp³-hybridized carbons (Fsp3) is 0.0909. The van der Waals surface area contributed by atoms with Crippen LogP contribution in [0, 0.1) is 11.3 Å². The quantitative estimate of drug-likeness (QED) is 0.594. The number of rotatable bonds is 2. The number of hydrogen-bond donors (Lipinski definition) is 1. The highest BCUT2D eigenvalue weighted by atomic mass is 16.5. The zero-order valence-corrected chi connectivity index (χ0v) is 8.07. The number of aromatic amines is 1. The molecule has 0 saturated carbocycles. The lowest BCUT2D eigenvalue weighted by Crippen LogP contribution is -1.92. The molecule has 1 N–H and O–H groups in total. The van der Waals surface area contributed by atoms with Gasteiger partial charge in [-0.2, -0.15) is 5.26 Å². The predicted octanol–water partition coefficient (Wildman–Crippen LogP) is 1.88. The van der Waals surface area contributed by atoms with Crippen molar-refractivity contribution in [3.05, 3.63) is 30.0 Å². The highest BCUT2D eigenvalue weighted by Crippen LogP contribution is 2.23. The second-order valence-electron chi connectivity index (χ2n) is 3.05. The van der Waals surface area contributed by atoms with Crippen LogP contribution >= 0.6 is 0 Å². The van der Waals surface area contributed by atoms with Crippen LogP contribution in [0.25, 0.3) is 10.9 Å². The summed E-state index contributed by atoms with van der Waals surface area (Å²) in [6.45, 7) is 0. The van der Waals surface area contributed by atoms with Crippen molar-refractivity contribution in [2.24, 2.45) is 0 Å². The van der Waals surface area contributed by atoms with E-state index in [2.05, 4.69) is 4.98 Å². The zero-order chi connectivity index (χ0) is 10.8. The summed E-state index contributed by atoms with van der Waals surface area (Å²) >= 11 is 0. The third-order valence-corrected chi connectivity index (χ3v) is 2.24. The maximum absolute atomic E-state index is 11.3. The first kappa shape index (κ1) is 9.28. The summed E-state index contributed by atoms with van der Waals surface area (Å²) < 4.78 is 5.05. The summed E-state index contributed by atoms with van der Waals surface area (Å²) in [5.74, 6) is 0.114. The number of carbonyl (C=O) groups excluding carboxylic acids is 1. The fourth-order valence-electron chi connectivity index (χ4n) is 1.47. The summed E-state index contributed by atoms with van der Waals surface area (Å²) in [5, 5.41) is 9.26. The summed E-state index contributed by atoms with van der Waals surface area (Å²) in [6.07, 6.45) is 1.54. The second-order valence-corrected chi connectivity index (χ2v) is 3.05. The fourth-order valence-corrected chi connectivity index (χ4v) is 1.47. The van der Waals surface area contributed by atoms with Gasteiger partial charge in [0.2, 0.25) is 0 Å². The molecule has 0 saturated heterocycles. The number of benzene rings is 1. The number of Topliss-reactive ketones (excluding diaryl/α,β-unsaturated/α-hetero) is 1. The monoisotopic (exact) mass is 200 g/mol. The first-order chi connectivity index (χ1) is 7.26. The van der Waals surface area contributed by atoms with Crippen LogP contribution in [-0.4, -0.2) is 17.9 Å². The molecular weight excluding hydrogens is 192 g/mol. The van der Waals surface area contributed by atoms with Crippen LogP contribution in [0.3, 0.4) is 0 Å². The van der Waals surface area contributed by atoms with Crippen molar-refractivity contribution in [3.8, 4) is 11.8 Å². The van der Waals surface area contributed by atoms with Crippen molar-refractivity contribution in [2.75, 3.05) is 7.11 Å². The summed E-state index contributed by atoms with van der Waals surface area (Å²) in [7, 11) is 1.56. The van der Waals surface area contributed by atoms with Crippen LogP contribution in [0.1, 0.15) is 10.4 Å². The lowest BCUT2D eigenvalue weighted by atomic mass is 10.1. The van der Waals surface area contributed by atoms with Gasteiger partial charge in [0.25, 0.3) is 5.78 Å². The van der Waals surface area contributed by atoms with E-state index in [1.54, 1.807) is 25.3 Å². The largest absolute Gasteiger partial charge is 0.497 e. The van der Waals surface area contributed by atoms with Crippen LogP contribution in [-0.2, 0) is 0 Å². The second kappa shape index (κ2) is 3.46. The molecule has 0 radical (unpaired) electrons. The van der Waals surface area contributed by atoms with Gasteiger partial charge in [-0.25, -0.2) is 0 Å². The van der Waals surface area contributed by atoms with Crippen molar-refractivity contribution < 1.29 is 9.53 Å². The summed E-state index contributed by atoms with van der Waals surface area (Å²) in [4.78, 5) is 14.2. The Balaban J connectivity index is 2.67. The van der Waals surface area contributed by atoms with Gasteiger partial charge in [0, 0.05) is 17.1 Å². The van der Waals surface area contributed by atoms with Crippen molar-refractivity contribution in [3.63, 3.8) is 0 Å². The standard InChI is InChI=1S/C11H8N2O2/c1-15-7-2-3-10-8(4-7)9(6-13-10)11(14)5-12/h2-4,6,13H,1H3. The van der Waals surface area contributed by atoms with Gasteiger partial charge in [-0.15, -0.1) is 0 Å². The molecule has 0 aliphatic rings. The number of nitriles is 1. The molecule has 15 heavy (non-hydrogen) atoms. The molecule has 1 heterocycles. The SMILES string of the molecule is COc1ccc2[nH]cc(C(=O)C#N)c2c1. The van der Waals surface area contributed by atoms with Gasteiger partial charge in [0.15, 0.2) is 0 Å². The lowest BCUT2D eigenvalue weighted by Gasteiger charge is -1.99. The maximum atomic E-state index is 11.3. The van der Waals surface area contributed by atoms with Crippen LogP contribution in [0.2, 0.25) is 0 Å². The first-order valence-corrected chi connectivity index (χ1v) is 4.36. The molecule has 2 aromatic rings. The number of aromatic nitrogens is 1. The van der Waals surface area contributed by atoms with E-state index in [4.69, 9.17) is 10.00 Å². The summed E-state index contributed by atoms with van der Waals surface area (Å²) in [5.41, 5.74) is 1.20. The van der Waals surface area contributed by atoms with Crippen LogP contribution in [0.5, 0.6) is 5.75 Å². The van der Waals surface area contributed by atoms with Gasteiger partial charge < -0.3 is 9.72 Å². The number of methoxy groups -OCH3 is 1. The Labute approximate surface area is 86.1 Å². The van der Waals surface area contributed by atoms with Gasteiger partial charge in [-0.1, -0.05) is 0 Å². The smallest absolute Gasteiger partial charge is 0.264 e. The van der Waals surface area contributed by atoms with E-state index >= 15 is 0 Å². The number of nitrogens with one attached hydrogen (secondary N) is 1. The average molecular weight is 200 g/mol. The first-order valence-electron chi connectivity index (χ1n) is 4.36. The summed E-state index contributed by atoms with van der Waals surface area (Å²) in [6, 6.07) is 6.93. The molecule has 2 rings (SSSR count). The lowest BCUT2D eigenvalue weighted by molar-refractivity contribution is 0.105. The van der Waals surface area contributed by atoms with E-state index < -0.39 is 5.78 Å². The van der Waals surface area contributed by atoms with E-state index in [9.17, 15) is 4.79 Å². The highest BCUT2D eigenvalue weighted by Gasteiger charge is 2.11. The minimum atomic E-state index is -0.547. The Morgan fingerprint density at radius 2 is 2.33 bits per heavy atom. The highest BCUT2D eigenvalue weighted by molar-refractivity contribution is 6.15. The van der Waals surface area contributed by atoms with E-state index in [0.717, 1.165) is 5.52 Å². The van der Waals surface area contributed by atoms with Gasteiger partial charge in [0.05, 0.1) is 12.7 Å². The third-order valence-electron chi connectivity index (χ3n) is 2.24. The molecule has 4 heteroatoms. The normalized spacial score (nSPS) is 9.87. The Bertz CT molecular complexity index is 563. The van der Waals surface area contributed by atoms with Gasteiger partial charge in [-0.3, -0.25) is 4.79 Å². The average Bonchev–Trinajstić information content (AvgIpc) is 2.70. The molecule has 0 fully saturated rings. The van der Waals surface area contributed by atoms with Gasteiger partial charge >= 0.3 is 0 Å². The number of nitrogens with zero attached hydrogens (tertiary/aromatic N) is 1. The van der Waals surface area contributed by atoms with E-state index in [1.807, 2.05) is 6.07 Å². The van der Waals surface area contributed by atoms with Crippen molar-refractivity contribution in [2.45, 2.75) is 0 Å². The molecule has 0 bridgehead atoms. The molecule has 1 aromatic heterocycles. The molecule has 0 aliphatic carbocycles. The van der Waals surface area contributed by atoms with E-state index in [-0.39, 0.29) is 0 Å². The van der Waals surface area contributed by atoms with E-state index in [0.29, 0.717) is 16.7 Å². The number of fused-ring (bicyclic) bond motifs is 1. The number of ether oxygens (including phenoxy) is 1. The number of H-pyrrole nitrogens is 1. The van der Waals surface area contributed by atoms with Crippen molar-refractivity contribution in [1.82, 2.24) is 4.98 Å². The minimum absolute atomic E-state index is 0.381. The number of ketones is 1. The Kier molecular flexibility index (Phi) is 2.14. The minimum Gasteiger partial charge on any atom is -0.497 e. The van der Waals surface area contributed by atoms with Crippen molar-refractivity contribution >= 4 is 16.7 Å². The third kappa shape index (κ3) is 1.44.